The summed E-state index contributed by atoms with van der Waals surface area (Å²) in [6.07, 6.45) is 0. The van der Waals surface area contributed by atoms with E-state index in [9.17, 15) is 4.79 Å². The van der Waals surface area contributed by atoms with Gasteiger partial charge >= 0.3 is 5.69 Å². The number of benzene rings is 1. The molecule has 1 unspecified atom stereocenters. The number of rotatable bonds is 2. The number of aliphatic hydroxyl groups is 1. The van der Waals surface area contributed by atoms with Crippen LogP contribution >= 0.6 is 0 Å². The van der Waals surface area contributed by atoms with Gasteiger partial charge in [0.2, 0.25) is 0 Å². The molecule has 0 aliphatic carbocycles. The minimum Gasteiger partial charge on any atom is -0.394 e. The molecule has 0 saturated carbocycles. The number of hydrogen-bond donors (Lipinski definition) is 1. The number of hydrogen-bond acceptors (Lipinski definition) is 2. The van der Waals surface area contributed by atoms with E-state index < -0.39 is 0 Å². The first-order chi connectivity index (χ1) is 7.56. The third-order valence-corrected chi connectivity index (χ3v) is 2.95. The molecule has 0 aliphatic rings. The lowest BCUT2D eigenvalue weighted by atomic mass is 10.2. The summed E-state index contributed by atoms with van der Waals surface area (Å²) in [5.74, 6) is 0. The average molecular weight is 220 g/mol. The normalized spacial score (nSPS) is 13.2. The molecule has 0 aliphatic heterocycles. The molecular formula is C12H16N2O2. The molecule has 1 heterocycles. The van der Waals surface area contributed by atoms with Crippen molar-refractivity contribution in [3.8, 4) is 0 Å². The Labute approximate surface area is 93.7 Å². The van der Waals surface area contributed by atoms with E-state index >= 15 is 0 Å². The van der Waals surface area contributed by atoms with Crippen molar-refractivity contribution in [1.29, 1.82) is 0 Å². The maximum Gasteiger partial charge on any atom is 0.329 e. The van der Waals surface area contributed by atoms with E-state index in [1.165, 1.54) is 0 Å². The molecule has 86 valence electrons. The average Bonchev–Trinajstić information content (AvgIpc) is 2.52. The van der Waals surface area contributed by atoms with Crippen LogP contribution in [-0.2, 0) is 7.05 Å². The van der Waals surface area contributed by atoms with Gasteiger partial charge in [0.1, 0.15) is 0 Å². The van der Waals surface area contributed by atoms with E-state index in [0.717, 1.165) is 16.6 Å². The van der Waals surface area contributed by atoms with Crippen LogP contribution in [0.4, 0.5) is 0 Å². The van der Waals surface area contributed by atoms with Crippen LogP contribution in [0.25, 0.3) is 11.0 Å². The van der Waals surface area contributed by atoms with Crippen molar-refractivity contribution < 1.29 is 5.11 Å². The molecular weight excluding hydrogens is 204 g/mol. The zero-order valence-electron chi connectivity index (χ0n) is 9.77. The lowest BCUT2D eigenvalue weighted by Crippen LogP contribution is -2.26. The monoisotopic (exact) mass is 220 g/mol. The van der Waals surface area contributed by atoms with Gasteiger partial charge in [-0.1, -0.05) is 6.07 Å². The van der Waals surface area contributed by atoms with E-state index in [1.54, 1.807) is 16.2 Å². The molecule has 2 rings (SSSR count). The molecule has 4 nitrogen and oxygen atoms in total. The van der Waals surface area contributed by atoms with Crippen molar-refractivity contribution in [2.24, 2.45) is 7.05 Å². The quantitative estimate of drug-likeness (QED) is 0.826. The number of imidazole rings is 1. The summed E-state index contributed by atoms with van der Waals surface area (Å²) in [6, 6.07) is 5.69. The van der Waals surface area contributed by atoms with E-state index in [-0.39, 0.29) is 18.3 Å². The van der Waals surface area contributed by atoms with Gasteiger partial charge in [-0.25, -0.2) is 4.79 Å². The summed E-state index contributed by atoms with van der Waals surface area (Å²) in [6.45, 7) is 3.80. The molecule has 4 heteroatoms. The summed E-state index contributed by atoms with van der Waals surface area (Å²) in [5.41, 5.74) is 2.82. The Balaban J connectivity index is 2.84. The molecule has 1 aromatic heterocycles. The largest absolute Gasteiger partial charge is 0.394 e. The van der Waals surface area contributed by atoms with Crippen molar-refractivity contribution in [1.82, 2.24) is 9.13 Å². The van der Waals surface area contributed by atoms with E-state index in [4.69, 9.17) is 5.11 Å². The molecule has 1 N–H and O–H groups in total. The Bertz CT molecular complexity index is 580. The highest BCUT2D eigenvalue weighted by Gasteiger charge is 2.14. The molecule has 0 fully saturated rings. The van der Waals surface area contributed by atoms with Gasteiger partial charge in [0, 0.05) is 7.05 Å². The maximum atomic E-state index is 12.0. The molecule has 0 saturated heterocycles. The predicted molar refractivity (Wildman–Crippen MR) is 63.7 cm³/mol. The fourth-order valence-electron chi connectivity index (χ4n) is 1.98. The van der Waals surface area contributed by atoms with E-state index in [0.29, 0.717) is 0 Å². The number of aromatic nitrogens is 2. The second-order valence-corrected chi connectivity index (χ2v) is 4.24. The lowest BCUT2D eigenvalue weighted by Gasteiger charge is -2.09. The Hall–Kier alpha value is -1.55. The maximum absolute atomic E-state index is 12.0. The van der Waals surface area contributed by atoms with Crippen LogP contribution in [0.15, 0.2) is 23.0 Å². The van der Waals surface area contributed by atoms with Gasteiger partial charge < -0.3 is 5.11 Å². The van der Waals surface area contributed by atoms with Crippen molar-refractivity contribution in [2.75, 3.05) is 6.61 Å². The van der Waals surface area contributed by atoms with Crippen LogP contribution in [0.2, 0.25) is 0 Å². The summed E-state index contributed by atoms with van der Waals surface area (Å²) >= 11 is 0. The first-order valence-corrected chi connectivity index (χ1v) is 5.34. The number of aryl methyl sites for hydroxylation is 2. The molecule has 0 spiro atoms. The van der Waals surface area contributed by atoms with Crippen molar-refractivity contribution in [3.63, 3.8) is 0 Å². The van der Waals surface area contributed by atoms with Gasteiger partial charge in [-0.15, -0.1) is 0 Å². The van der Waals surface area contributed by atoms with Gasteiger partial charge in [0.15, 0.2) is 0 Å². The topological polar surface area (TPSA) is 47.2 Å². The number of nitrogens with zero attached hydrogens (tertiary/aromatic N) is 2. The second kappa shape index (κ2) is 3.79. The van der Waals surface area contributed by atoms with Gasteiger partial charge in [0.25, 0.3) is 0 Å². The number of aliphatic hydroxyl groups excluding tert-OH is 1. The standard InChI is InChI=1S/C12H16N2O2/c1-8-4-5-10-11(6-8)13(3)12(16)14(10)9(2)7-15/h4-6,9,15H,7H2,1-3H3. The fourth-order valence-corrected chi connectivity index (χ4v) is 1.98. The zero-order chi connectivity index (χ0) is 11.9. The first-order valence-electron chi connectivity index (χ1n) is 5.34. The molecule has 2 aromatic rings. The van der Waals surface area contributed by atoms with Gasteiger partial charge in [-0.2, -0.15) is 0 Å². The lowest BCUT2D eigenvalue weighted by molar-refractivity contribution is 0.238. The highest BCUT2D eigenvalue weighted by Crippen LogP contribution is 2.17. The second-order valence-electron chi connectivity index (χ2n) is 4.24. The molecule has 0 radical (unpaired) electrons. The third kappa shape index (κ3) is 1.46. The van der Waals surface area contributed by atoms with Gasteiger partial charge in [-0.3, -0.25) is 9.13 Å². The van der Waals surface area contributed by atoms with Crippen LogP contribution in [-0.4, -0.2) is 20.8 Å². The van der Waals surface area contributed by atoms with Crippen molar-refractivity contribution in [2.45, 2.75) is 19.9 Å². The Morgan fingerprint density at radius 1 is 1.38 bits per heavy atom. The molecule has 1 aromatic carbocycles. The smallest absolute Gasteiger partial charge is 0.329 e. The van der Waals surface area contributed by atoms with Crippen LogP contribution < -0.4 is 5.69 Å². The molecule has 16 heavy (non-hydrogen) atoms. The Kier molecular flexibility index (Phi) is 2.59. The van der Waals surface area contributed by atoms with Crippen molar-refractivity contribution >= 4 is 11.0 Å². The summed E-state index contributed by atoms with van der Waals surface area (Å²) in [5, 5.41) is 9.17. The van der Waals surface area contributed by atoms with Crippen LogP contribution in [0, 0.1) is 6.92 Å². The first kappa shape index (κ1) is 11.0. The Morgan fingerprint density at radius 2 is 2.06 bits per heavy atom. The Morgan fingerprint density at radius 3 is 2.69 bits per heavy atom. The fraction of sp³-hybridized carbons (Fsp3) is 0.417. The van der Waals surface area contributed by atoms with Gasteiger partial charge in [0.05, 0.1) is 23.7 Å². The van der Waals surface area contributed by atoms with E-state index in [2.05, 4.69) is 0 Å². The minimum atomic E-state index is -0.195. The molecule has 1 atom stereocenters. The molecule has 0 amide bonds. The van der Waals surface area contributed by atoms with Gasteiger partial charge in [-0.05, 0) is 31.5 Å². The van der Waals surface area contributed by atoms with E-state index in [1.807, 2.05) is 32.0 Å². The summed E-state index contributed by atoms with van der Waals surface area (Å²) in [4.78, 5) is 12.0. The SMILES string of the molecule is Cc1ccc2c(c1)n(C)c(=O)n2C(C)CO. The molecule has 0 bridgehead atoms. The predicted octanol–water partition coefficient (Wildman–Crippen LogP) is 1.20. The summed E-state index contributed by atoms with van der Waals surface area (Å²) < 4.78 is 3.25. The van der Waals surface area contributed by atoms with Crippen LogP contribution in [0.5, 0.6) is 0 Å². The highest BCUT2D eigenvalue weighted by atomic mass is 16.3. The zero-order valence-corrected chi connectivity index (χ0v) is 9.77. The summed E-state index contributed by atoms with van der Waals surface area (Å²) in [7, 11) is 1.75. The third-order valence-electron chi connectivity index (χ3n) is 2.95. The van der Waals surface area contributed by atoms with Crippen molar-refractivity contribution in [3.05, 3.63) is 34.2 Å². The van der Waals surface area contributed by atoms with Crippen LogP contribution in [0.1, 0.15) is 18.5 Å². The van der Waals surface area contributed by atoms with Crippen LogP contribution in [0.3, 0.4) is 0 Å². The number of fused-ring (bicyclic) bond motifs is 1. The highest BCUT2D eigenvalue weighted by molar-refractivity contribution is 5.77. The minimum absolute atomic E-state index is 0.0348.